The minimum atomic E-state index is 0.907. The van der Waals surface area contributed by atoms with Crippen molar-refractivity contribution in [3.63, 3.8) is 0 Å². The minimum Gasteiger partial charge on any atom is -0.355 e. The maximum Gasteiger partial charge on any atom is 0.157 e. The molecule has 4 nitrogen and oxygen atoms in total. The number of anilines is 1. The molecular formula is C16H16N4S. The van der Waals surface area contributed by atoms with Crippen molar-refractivity contribution in [2.45, 2.75) is 0 Å². The summed E-state index contributed by atoms with van der Waals surface area (Å²) in [6, 6.07) is 14.5. The molecule has 0 amide bonds. The maximum atomic E-state index is 4.73. The summed E-state index contributed by atoms with van der Waals surface area (Å²) in [7, 11) is 0. The average molecular weight is 296 g/mol. The number of rotatable bonds is 2. The van der Waals surface area contributed by atoms with Crippen molar-refractivity contribution in [3.8, 4) is 11.3 Å². The SMILES string of the molecule is c1ccc(-c2cc(N3CCSCC3)n3nccc3n2)cc1. The molecule has 0 spiro atoms. The van der Waals surface area contributed by atoms with Crippen LogP contribution in [0.5, 0.6) is 0 Å². The van der Waals surface area contributed by atoms with Crippen molar-refractivity contribution in [2.75, 3.05) is 29.5 Å². The monoisotopic (exact) mass is 296 g/mol. The van der Waals surface area contributed by atoms with Crippen molar-refractivity contribution in [3.05, 3.63) is 48.7 Å². The fourth-order valence-corrected chi connectivity index (χ4v) is 3.57. The van der Waals surface area contributed by atoms with Gasteiger partial charge in [0.1, 0.15) is 5.82 Å². The predicted molar refractivity (Wildman–Crippen MR) is 88.0 cm³/mol. The average Bonchev–Trinajstić information content (AvgIpc) is 3.04. The Bertz CT molecular complexity index is 747. The fraction of sp³-hybridized carbons (Fsp3) is 0.250. The van der Waals surface area contributed by atoms with Crippen LogP contribution in [0.3, 0.4) is 0 Å². The molecule has 4 rings (SSSR count). The Morgan fingerprint density at radius 2 is 1.81 bits per heavy atom. The van der Waals surface area contributed by atoms with Crippen LogP contribution in [-0.2, 0) is 0 Å². The van der Waals surface area contributed by atoms with Crippen molar-refractivity contribution in [1.82, 2.24) is 14.6 Å². The number of aromatic nitrogens is 3. The van der Waals surface area contributed by atoms with Gasteiger partial charge in [0.05, 0.1) is 11.9 Å². The van der Waals surface area contributed by atoms with Crippen LogP contribution in [0.15, 0.2) is 48.7 Å². The summed E-state index contributed by atoms with van der Waals surface area (Å²) in [5, 5.41) is 4.43. The first-order valence-electron chi connectivity index (χ1n) is 7.15. The number of hydrogen-bond acceptors (Lipinski definition) is 4. The van der Waals surface area contributed by atoms with Crippen molar-refractivity contribution in [2.24, 2.45) is 0 Å². The summed E-state index contributed by atoms with van der Waals surface area (Å²) in [4.78, 5) is 7.14. The van der Waals surface area contributed by atoms with Gasteiger partial charge in [-0.1, -0.05) is 30.3 Å². The number of benzene rings is 1. The molecule has 0 saturated carbocycles. The molecule has 0 N–H and O–H groups in total. The van der Waals surface area contributed by atoms with Crippen LogP contribution in [0.2, 0.25) is 0 Å². The molecule has 1 saturated heterocycles. The van der Waals surface area contributed by atoms with Gasteiger partial charge in [-0.3, -0.25) is 0 Å². The summed E-state index contributed by atoms with van der Waals surface area (Å²) in [5.41, 5.74) is 3.07. The predicted octanol–water partition coefficient (Wildman–Crippen LogP) is 2.95. The topological polar surface area (TPSA) is 33.4 Å². The lowest BCUT2D eigenvalue weighted by Gasteiger charge is -2.28. The molecule has 0 radical (unpaired) electrons. The zero-order valence-corrected chi connectivity index (χ0v) is 12.5. The Labute approximate surface area is 127 Å². The molecule has 0 bridgehead atoms. The lowest BCUT2D eigenvalue weighted by Crippen LogP contribution is -2.34. The minimum absolute atomic E-state index is 0.907. The first kappa shape index (κ1) is 12.7. The molecule has 3 heterocycles. The highest BCUT2D eigenvalue weighted by Crippen LogP contribution is 2.25. The van der Waals surface area contributed by atoms with E-state index in [4.69, 9.17) is 4.98 Å². The van der Waals surface area contributed by atoms with Gasteiger partial charge in [-0.25, -0.2) is 4.98 Å². The van der Waals surface area contributed by atoms with E-state index in [2.05, 4.69) is 40.3 Å². The van der Waals surface area contributed by atoms with Gasteiger partial charge in [0.15, 0.2) is 5.65 Å². The van der Waals surface area contributed by atoms with E-state index in [1.54, 1.807) is 0 Å². The molecule has 0 atom stereocenters. The Kier molecular flexibility index (Phi) is 3.27. The highest BCUT2D eigenvalue weighted by atomic mass is 32.2. The number of fused-ring (bicyclic) bond motifs is 1. The van der Waals surface area contributed by atoms with Crippen LogP contribution in [-0.4, -0.2) is 39.2 Å². The molecule has 5 heteroatoms. The molecular weight excluding hydrogens is 280 g/mol. The third-order valence-electron chi connectivity index (χ3n) is 3.75. The fourth-order valence-electron chi connectivity index (χ4n) is 2.67. The summed E-state index contributed by atoms with van der Waals surface area (Å²) in [6.07, 6.45) is 1.82. The van der Waals surface area contributed by atoms with Gasteiger partial charge >= 0.3 is 0 Å². The van der Waals surface area contributed by atoms with Gasteiger partial charge < -0.3 is 4.90 Å². The number of hydrogen-bond donors (Lipinski definition) is 0. The van der Waals surface area contributed by atoms with Gasteiger partial charge in [0.2, 0.25) is 0 Å². The molecule has 1 fully saturated rings. The van der Waals surface area contributed by atoms with Crippen LogP contribution in [0.25, 0.3) is 16.9 Å². The second-order valence-electron chi connectivity index (χ2n) is 5.07. The number of thioether (sulfide) groups is 1. The third-order valence-corrected chi connectivity index (χ3v) is 4.69. The van der Waals surface area contributed by atoms with Gasteiger partial charge in [0.25, 0.3) is 0 Å². The molecule has 2 aromatic heterocycles. The van der Waals surface area contributed by atoms with E-state index >= 15 is 0 Å². The van der Waals surface area contributed by atoms with Gasteiger partial charge in [0, 0.05) is 42.3 Å². The quantitative estimate of drug-likeness (QED) is 0.728. The van der Waals surface area contributed by atoms with Gasteiger partial charge in [-0.15, -0.1) is 0 Å². The Morgan fingerprint density at radius 3 is 2.62 bits per heavy atom. The summed E-state index contributed by atoms with van der Waals surface area (Å²) >= 11 is 2.01. The zero-order valence-electron chi connectivity index (χ0n) is 11.6. The highest BCUT2D eigenvalue weighted by molar-refractivity contribution is 7.99. The Balaban J connectivity index is 1.86. The standard InChI is InChI=1S/C16H16N4S/c1-2-4-13(5-3-1)14-12-16(19-8-10-21-11-9-19)20-15(18-14)6-7-17-20/h1-7,12H,8-11H2. The molecule has 1 aliphatic rings. The summed E-state index contributed by atoms with van der Waals surface area (Å²) in [5.74, 6) is 3.49. The Hall–Kier alpha value is -2.01. The molecule has 21 heavy (non-hydrogen) atoms. The van der Waals surface area contributed by atoms with E-state index < -0.39 is 0 Å². The van der Waals surface area contributed by atoms with Crippen LogP contribution < -0.4 is 4.90 Å². The first-order chi connectivity index (χ1) is 10.4. The molecule has 106 valence electrons. The summed E-state index contributed by atoms with van der Waals surface area (Å²) < 4.78 is 1.95. The van der Waals surface area contributed by atoms with E-state index in [0.717, 1.165) is 35.8 Å². The van der Waals surface area contributed by atoms with E-state index in [1.165, 1.54) is 11.5 Å². The second kappa shape index (κ2) is 5.41. The largest absolute Gasteiger partial charge is 0.355 e. The molecule has 0 aliphatic carbocycles. The third kappa shape index (κ3) is 2.38. The van der Waals surface area contributed by atoms with Crippen molar-refractivity contribution < 1.29 is 0 Å². The van der Waals surface area contributed by atoms with Crippen LogP contribution in [0.4, 0.5) is 5.82 Å². The first-order valence-corrected chi connectivity index (χ1v) is 8.30. The van der Waals surface area contributed by atoms with Crippen molar-refractivity contribution >= 4 is 23.2 Å². The normalized spacial score (nSPS) is 15.5. The molecule has 3 aromatic rings. The van der Waals surface area contributed by atoms with Crippen LogP contribution in [0.1, 0.15) is 0 Å². The van der Waals surface area contributed by atoms with Gasteiger partial charge in [-0.05, 0) is 0 Å². The van der Waals surface area contributed by atoms with Gasteiger partial charge in [-0.2, -0.15) is 21.4 Å². The zero-order chi connectivity index (χ0) is 14.1. The molecule has 1 aliphatic heterocycles. The maximum absolute atomic E-state index is 4.73. The van der Waals surface area contributed by atoms with Crippen molar-refractivity contribution in [1.29, 1.82) is 0 Å². The molecule has 1 aromatic carbocycles. The number of nitrogens with zero attached hydrogens (tertiary/aromatic N) is 4. The smallest absolute Gasteiger partial charge is 0.157 e. The molecule has 0 unspecified atom stereocenters. The summed E-state index contributed by atoms with van der Waals surface area (Å²) in [6.45, 7) is 2.13. The van der Waals surface area contributed by atoms with E-state index in [0.29, 0.717) is 0 Å². The second-order valence-corrected chi connectivity index (χ2v) is 6.29. The lowest BCUT2D eigenvalue weighted by molar-refractivity contribution is 0.796. The van der Waals surface area contributed by atoms with Crippen LogP contribution >= 0.6 is 11.8 Å². The van der Waals surface area contributed by atoms with E-state index in [-0.39, 0.29) is 0 Å². The lowest BCUT2D eigenvalue weighted by atomic mass is 10.1. The van der Waals surface area contributed by atoms with E-state index in [1.807, 2.05) is 34.6 Å². The van der Waals surface area contributed by atoms with Crippen LogP contribution in [0, 0.1) is 0 Å². The Morgan fingerprint density at radius 1 is 1.00 bits per heavy atom. The van der Waals surface area contributed by atoms with E-state index in [9.17, 15) is 0 Å². The highest BCUT2D eigenvalue weighted by Gasteiger charge is 2.16.